The highest BCUT2D eigenvalue weighted by molar-refractivity contribution is 7.22. The third-order valence-corrected chi connectivity index (χ3v) is 25.9. The Kier molecular flexibility index (Phi) is 58.0. The number of ketones is 2. The maximum Gasteiger partial charge on any atom is 0.338 e. The van der Waals surface area contributed by atoms with Crippen LogP contribution in [0.1, 0.15) is 242 Å². The third-order valence-electron chi connectivity index (χ3n) is 24.8. The summed E-state index contributed by atoms with van der Waals surface area (Å²) in [5, 5.41) is 1.75. The standard InChI is InChI=1S/C34H36N2O6S.C17H22O5.C16H22O4.C16H28O3.C15H24O5.C14H18O4/c1-18-4-13-26-25(16-18)17-27(35-26)32-36-30-28(41-33(39)23-9-5-21(6-10-23)19(2)37)14-15-29(31(30)43-32)42-34(40)24-11-7-22(8-12-24)20(3)38;1-3-16(18)21-12-6-4-5-7-13-22-17(19)14-8-10-15(20-2)11-9-14;1-3-16(17)20-13-7-5-4-6-12-19-15-10-8-14(18-2)9-11-15;1-3-16(17)19-13-7-5-4-6-8-14-9-11-15(18-2)12-10-14;1-3-14(16)19-10-4-5-11-20-15(17)12-6-8-13(18-2)9-7-12;1-3-14(15)18-11-5-4-10-17-13-8-6-12(16-2)7-9-13/h4,13-17,21-24,35H,5-12H2,1-3H3;3,8-11H,1,4-7,12-13H2,2H3;3,8-11H,1,4-7,12-13H2,2H3;3,14-15H,1,4-13H2,2H3;3,12-13H,1,4-11H2,2H3;3,6-9H,1,4-5,10-11H2,2H3. The molecular weight excluding hydrogens is 1840 g/mol. The van der Waals surface area contributed by atoms with Gasteiger partial charge in [0.2, 0.25) is 0 Å². The number of Topliss-reactive ketones (excluding diaryl/α,β-unsaturated/α-hetero) is 2. The minimum Gasteiger partial charge on any atom is -0.497 e. The lowest BCUT2D eigenvalue weighted by molar-refractivity contribution is -0.151. The van der Waals surface area contributed by atoms with Crippen molar-refractivity contribution in [1.82, 2.24) is 9.97 Å². The maximum atomic E-state index is 13.2. The Morgan fingerprint density at radius 2 is 0.697 bits per heavy atom. The molecule has 0 atom stereocenters. The first-order valence-corrected chi connectivity index (χ1v) is 50.6. The Labute approximate surface area is 841 Å². The lowest BCUT2D eigenvalue weighted by Crippen LogP contribution is -2.28. The Balaban J connectivity index is 0.000000272. The zero-order chi connectivity index (χ0) is 103. The van der Waals surface area contributed by atoms with Gasteiger partial charge >= 0.3 is 53.7 Å². The SMILES string of the molecule is C=CC(=O)OCCCCCCC1CCC(OC)CC1.C=CC(=O)OCCCCCCOC(=O)c1ccc(OC)cc1.C=CC(=O)OCCCCCCOc1ccc(OC)cc1.C=CC(=O)OCCCCOC(=O)C1CCC(OC)CC1.C=CC(=O)OCCCCOc1ccc(OC)cc1.CC(=O)C1CCC(C(=O)Oc2ccc(OC(=O)C3CCC(C(C)=O)CC3)c3sc(-c4cc5cc(C)ccc5[nH]4)nc23)CC1. The minimum absolute atomic E-state index is 0.0139. The number of unbranched alkanes of at least 4 members (excludes halogenated alkanes) is 11. The average molecular weight is 1990 g/mol. The van der Waals surface area contributed by atoms with E-state index in [1.807, 2.05) is 80.8 Å². The third kappa shape index (κ3) is 46.6. The first-order chi connectivity index (χ1) is 68.8. The highest BCUT2D eigenvalue weighted by Gasteiger charge is 2.34. The summed E-state index contributed by atoms with van der Waals surface area (Å²) < 4.78 is 84.3. The molecule has 1 N–H and O–H groups in total. The van der Waals surface area contributed by atoms with Gasteiger partial charge in [-0.3, -0.25) is 24.0 Å². The maximum absolute atomic E-state index is 13.2. The Hall–Kier alpha value is -12.3. The fraction of sp³-hybridized carbons (Fsp3) is 0.518. The number of rotatable bonds is 52. The summed E-state index contributed by atoms with van der Waals surface area (Å²) >= 11 is 1.38. The Bertz CT molecular complexity index is 4900. The molecule has 0 radical (unpaired) electrons. The van der Waals surface area contributed by atoms with Gasteiger partial charge in [0, 0.05) is 67.3 Å². The van der Waals surface area contributed by atoms with Crippen molar-refractivity contribution in [3.05, 3.63) is 184 Å². The predicted molar refractivity (Wildman–Crippen MR) is 546 cm³/mol. The van der Waals surface area contributed by atoms with Crippen LogP contribution in [0.4, 0.5) is 0 Å². The summed E-state index contributed by atoms with van der Waals surface area (Å²) in [6.45, 7) is 26.1. The summed E-state index contributed by atoms with van der Waals surface area (Å²) in [5.41, 5.74) is 3.94. The van der Waals surface area contributed by atoms with Gasteiger partial charge in [-0.25, -0.2) is 33.8 Å². The molecule has 0 spiro atoms. The molecule has 4 fully saturated rings. The molecule has 29 nitrogen and oxygen atoms in total. The number of hydrogen-bond acceptors (Lipinski definition) is 29. The smallest absolute Gasteiger partial charge is 0.338 e. The molecule has 30 heteroatoms. The van der Waals surface area contributed by atoms with Gasteiger partial charge in [-0.2, -0.15) is 0 Å². The largest absolute Gasteiger partial charge is 0.497 e. The first kappa shape index (κ1) is 118. The number of benzene rings is 5. The number of fused-ring (bicyclic) bond motifs is 2. The molecule has 142 heavy (non-hydrogen) atoms. The summed E-state index contributed by atoms with van der Waals surface area (Å²) in [6, 6.07) is 33.3. The van der Waals surface area contributed by atoms with E-state index in [4.69, 9.17) is 80.8 Å². The zero-order valence-corrected chi connectivity index (χ0v) is 85.3. The number of aromatic nitrogens is 2. The van der Waals surface area contributed by atoms with Crippen molar-refractivity contribution in [2.24, 2.45) is 35.5 Å². The van der Waals surface area contributed by atoms with Gasteiger partial charge in [0.25, 0.3) is 0 Å². The van der Waals surface area contributed by atoms with Crippen molar-refractivity contribution >= 4 is 97.7 Å². The van der Waals surface area contributed by atoms with Crippen LogP contribution in [0.25, 0.3) is 31.8 Å². The molecule has 4 aliphatic carbocycles. The molecule has 4 saturated carbocycles. The number of thiazole rings is 1. The van der Waals surface area contributed by atoms with E-state index in [9.17, 15) is 52.7 Å². The summed E-state index contributed by atoms with van der Waals surface area (Å²) in [6.07, 6.45) is 36.9. The zero-order valence-electron chi connectivity index (χ0n) is 84.5. The van der Waals surface area contributed by atoms with Gasteiger partial charge in [-0.1, -0.05) is 70.2 Å². The number of H-pyrrole nitrogens is 1. The number of aryl methyl sites for hydroxylation is 1. The number of methoxy groups -OCH3 is 5. The molecule has 5 aromatic carbocycles. The van der Waals surface area contributed by atoms with Crippen molar-refractivity contribution in [3.8, 4) is 50.9 Å². The van der Waals surface area contributed by atoms with E-state index < -0.39 is 11.9 Å². The van der Waals surface area contributed by atoms with Crippen LogP contribution < -0.4 is 33.2 Å². The lowest BCUT2D eigenvalue weighted by atomic mass is 9.80. The van der Waals surface area contributed by atoms with Crippen molar-refractivity contribution in [1.29, 1.82) is 0 Å². The molecule has 0 bridgehead atoms. The van der Waals surface area contributed by atoms with Crippen LogP contribution in [0.3, 0.4) is 0 Å². The molecule has 7 aromatic rings. The van der Waals surface area contributed by atoms with Crippen LogP contribution in [-0.4, -0.2) is 182 Å². The predicted octanol–water partition coefficient (Wildman–Crippen LogP) is 22.6. The van der Waals surface area contributed by atoms with Gasteiger partial charge < -0.3 is 80.8 Å². The van der Waals surface area contributed by atoms with Crippen LogP contribution in [-0.2, 0) is 90.6 Å². The normalized spacial score (nSPS) is 17.1. The van der Waals surface area contributed by atoms with Gasteiger partial charge in [0.05, 0.1) is 122 Å². The molecule has 0 unspecified atom stereocenters. The second-order valence-corrected chi connectivity index (χ2v) is 36.2. The number of hydrogen-bond donors (Lipinski definition) is 1. The van der Waals surface area contributed by atoms with Gasteiger partial charge in [0.1, 0.15) is 55.5 Å². The van der Waals surface area contributed by atoms with Crippen LogP contribution >= 0.6 is 11.3 Å². The average Bonchev–Trinajstić information content (AvgIpc) is 1.62. The number of carbonyl (C=O) groups excluding carboxylic acids is 11. The van der Waals surface area contributed by atoms with E-state index in [1.165, 1.54) is 68.4 Å². The van der Waals surface area contributed by atoms with E-state index in [2.05, 4.69) is 43.9 Å². The highest BCUT2D eigenvalue weighted by Crippen LogP contribution is 2.43. The van der Waals surface area contributed by atoms with E-state index >= 15 is 0 Å². The van der Waals surface area contributed by atoms with E-state index in [0.29, 0.717) is 174 Å². The second kappa shape index (κ2) is 69.6. The second-order valence-electron chi connectivity index (χ2n) is 35.2. The molecule has 0 amide bonds. The molecule has 2 aromatic heterocycles. The summed E-state index contributed by atoms with van der Waals surface area (Å²) in [5.74, 6) is 2.52. The molecule has 0 saturated heterocycles. The number of ether oxygens (including phenoxy) is 16. The summed E-state index contributed by atoms with van der Waals surface area (Å²) in [4.78, 5) is 136. The number of nitrogens with one attached hydrogen (secondary N) is 1. The van der Waals surface area contributed by atoms with E-state index in [-0.39, 0.29) is 82.9 Å². The first-order valence-electron chi connectivity index (χ1n) is 49.8. The number of esters is 9. The number of carbonyl (C=O) groups is 11. The fourth-order valence-corrected chi connectivity index (χ4v) is 17.2. The van der Waals surface area contributed by atoms with E-state index in [0.717, 1.165) is 172 Å². The Morgan fingerprint density at radius 1 is 0.359 bits per heavy atom. The quantitative estimate of drug-likeness (QED) is 0.0122. The monoisotopic (exact) mass is 1990 g/mol. The van der Waals surface area contributed by atoms with E-state index in [1.54, 1.807) is 78.7 Å². The minimum atomic E-state index is -0.420. The van der Waals surface area contributed by atoms with Gasteiger partial charge in [-0.05, 0) is 316 Å². The topological polar surface area (TPSA) is 364 Å². The lowest BCUT2D eigenvalue weighted by Gasteiger charge is -2.27. The molecule has 776 valence electrons. The van der Waals surface area contributed by atoms with Crippen LogP contribution in [0.2, 0.25) is 0 Å². The van der Waals surface area contributed by atoms with Crippen molar-refractivity contribution in [3.63, 3.8) is 0 Å². The fourth-order valence-electron chi connectivity index (χ4n) is 16.2. The van der Waals surface area contributed by atoms with Crippen LogP contribution in [0, 0.1) is 42.4 Å². The molecule has 4 aliphatic rings. The Morgan fingerprint density at radius 3 is 1.11 bits per heavy atom. The van der Waals surface area contributed by atoms with Crippen molar-refractivity contribution < 1.29 is 129 Å². The van der Waals surface area contributed by atoms with Crippen LogP contribution in [0.5, 0.6) is 40.2 Å². The summed E-state index contributed by atoms with van der Waals surface area (Å²) in [7, 11) is 8.38. The van der Waals surface area contributed by atoms with Crippen molar-refractivity contribution in [2.45, 2.75) is 245 Å². The van der Waals surface area contributed by atoms with Gasteiger partial charge in [0.15, 0.2) is 11.5 Å². The highest BCUT2D eigenvalue weighted by atomic mass is 32.1. The number of nitrogens with zero attached hydrogens (tertiary/aromatic N) is 1. The molecule has 0 aliphatic heterocycles. The molecule has 2 heterocycles. The van der Waals surface area contributed by atoms with Crippen LogP contribution in [0.15, 0.2) is 172 Å². The molecular formula is C112H150N2O27S. The van der Waals surface area contributed by atoms with Crippen molar-refractivity contribution in [2.75, 3.05) is 95.0 Å². The molecule has 11 rings (SSSR count). The van der Waals surface area contributed by atoms with Gasteiger partial charge in [-0.15, -0.1) is 11.3 Å². The number of aromatic amines is 1.